The average Bonchev–Trinajstić information content (AvgIpc) is 3.54. The smallest absolute Gasteiger partial charge is 0.134 e. The van der Waals surface area contributed by atoms with Crippen LogP contribution in [0, 0.1) is 0 Å². The molecule has 0 bridgehead atoms. The fourth-order valence-electron chi connectivity index (χ4n) is 5.75. The second kappa shape index (κ2) is 7.62. The minimum absolute atomic E-state index is 0.378. The Kier molecular flexibility index (Phi) is 4.64. The summed E-state index contributed by atoms with van der Waals surface area (Å²) in [5.41, 5.74) is 4.07. The lowest BCUT2D eigenvalue weighted by Crippen LogP contribution is -2.53. The highest BCUT2D eigenvalue weighted by Crippen LogP contribution is 2.44. The van der Waals surface area contributed by atoms with Crippen molar-refractivity contribution < 1.29 is 4.74 Å². The average molecular weight is 403 g/mol. The fraction of sp³-hybridized carbons (Fsp3) is 0.480. The Morgan fingerprint density at radius 2 is 1.73 bits per heavy atom. The Morgan fingerprint density at radius 3 is 2.60 bits per heavy atom. The molecule has 2 aromatic rings. The Hall–Kier alpha value is -2.53. The van der Waals surface area contributed by atoms with Crippen LogP contribution < -0.4 is 9.64 Å². The van der Waals surface area contributed by atoms with Crippen molar-refractivity contribution in [1.82, 2.24) is 9.80 Å². The first kappa shape index (κ1) is 18.3. The molecule has 2 saturated heterocycles. The van der Waals surface area contributed by atoms with Crippen LogP contribution in [0.2, 0.25) is 0 Å². The molecule has 0 radical (unpaired) electrons. The first-order valence-electron chi connectivity index (χ1n) is 11.5. The number of likely N-dealkylation sites (tertiary alicyclic amines) is 1. The normalized spacial score (nSPS) is 25.1. The van der Waals surface area contributed by atoms with E-state index in [2.05, 4.69) is 63.2 Å². The highest BCUT2D eigenvalue weighted by atomic mass is 16.5. The van der Waals surface area contributed by atoms with Gasteiger partial charge in [-0.2, -0.15) is 0 Å². The predicted octanol–water partition coefficient (Wildman–Crippen LogP) is 3.56. The van der Waals surface area contributed by atoms with Gasteiger partial charge in [0.1, 0.15) is 24.4 Å². The lowest BCUT2D eigenvalue weighted by atomic mass is 9.93. The Bertz CT molecular complexity index is 934. The second-order valence-electron chi connectivity index (χ2n) is 8.88. The number of aliphatic imine (C=N–C) groups is 1. The number of fused-ring (bicyclic) bond motifs is 6. The summed E-state index contributed by atoms with van der Waals surface area (Å²) in [5, 5.41) is 0. The van der Waals surface area contributed by atoms with Gasteiger partial charge in [-0.05, 0) is 62.2 Å². The summed E-state index contributed by atoms with van der Waals surface area (Å²) in [5.74, 6) is 2.69. The molecule has 0 N–H and O–H groups in total. The molecule has 4 heterocycles. The number of anilines is 1. The SMILES string of the molecule is c1ccc2c(c1)C1=NCCN1C1C(c3ccc(OCCN4CCCC4)cc3)CCN21. The van der Waals surface area contributed by atoms with Crippen LogP contribution in [0.15, 0.2) is 53.5 Å². The zero-order valence-corrected chi connectivity index (χ0v) is 17.5. The summed E-state index contributed by atoms with van der Waals surface area (Å²) in [6.45, 7) is 7.31. The van der Waals surface area contributed by atoms with E-state index in [1.165, 1.54) is 55.0 Å². The summed E-state index contributed by atoms with van der Waals surface area (Å²) in [6, 6.07) is 17.7. The summed E-state index contributed by atoms with van der Waals surface area (Å²) in [7, 11) is 0. The maximum atomic E-state index is 6.03. The van der Waals surface area contributed by atoms with Crippen LogP contribution in [0.25, 0.3) is 0 Å². The Balaban J connectivity index is 1.19. The number of benzene rings is 2. The van der Waals surface area contributed by atoms with Crippen LogP contribution in [-0.2, 0) is 0 Å². The van der Waals surface area contributed by atoms with Gasteiger partial charge >= 0.3 is 0 Å². The highest BCUT2D eigenvalue weighted by Gasteiger charge is 2.46. The molecule has 6 rings (SSSR count). The van der Waals surface area contributed by atoms with Crippen LogP contribution in [-0.4, -0.2) is 67.7 Å². The van der Waals surface area contributed by atoms with Gasteiger partial charge in [-0.25, -0.2) is 0 Å². The van der Waals surface area contributed by atoms with Crippen molar-refractivity contribution in [2.75, 3.05) is 50.8 Å². The number of para-hydroxylation sites is 1. The van der Waals surface area contributed by atoms with Gasteiger partial charge in [-0.3, -0.25) is 9.89 Å². The predicted molar refractivity (Wildman–Crippen MR) is 121 cm³/mol. The van der Waals surface area contributed by atoms with Crippen molar-refractivity contribution in [2.45, 2.75) is 31.3 Å². The maximum Gasteiger partial charge on any atom is 0.134 e. The van der Waals surface area contributed by atoms with E-state index in [0.29, 0.717) is 12.1 Å². The van der Waals surface area contributed by atoms with Crippen molar-refractivity contribution in [3.8, 4) is 5.75 Å². The fourth-order valence-corrected chi connectivity index (χ4v) is 5.75. The van der Waals surface area contributed by atoms with E-state index >= 15 is 0 Å². The molecule has 0 aromatic heterocycles. The van der Waals surface area contributed by atoms with Crippen molar-refractivity contribution in [3.63, 3.8) is 0 Å². The first-order valence-corrected chi connectivity index (χ1v) is 11.5. The highest BCUT2D eigenvalue weighted by molar-refractivity contribution is 6.06. The molecule has 5 heteroatoms. The third-order valence-electron chi connectivity index (χ3n) is 7.19. The van der Waals surface area contributed by atoms with E-state index in [1.54, 1.807) is 0 Å². The molecule has 4 aliphatic rings. The summed E-state index contributed by atoms with van der Waals surface area (Å²) < 4.78 is 6.03. The van der Waals surface area contributed by atoms with Gasteiger partial charge < -0.3 is 14.5 Å². The van der Waals surface area contributed by atoms with Gasteiger partial charge in [0, 0.05) is 36.8 Å². The summed E-state index contributed by atoms with van der Waals surface area (Å²) in [6.07, 6.45) is 4.23. The molecule has 30 heavy (non-hydrogen) atoms. The van der Waals surface area contributed by atoms with Crippen LogP contribution in [0.4, 0.5) is 5.69 Å². The molecule has 0 spiro atoms. The number of amidine groups is 1. The Morgan fingerprint density at radius 1 is 0.900 bits per heavy atom. The third kappa shape index (κ3) is 3.07. The lowest BCUT2D eigenvalue weighted by Gasteiger charge is -2.43. The Labute approximate surface area is 178 Å². The molecule has 156 valence electrons. The van der Waals surface area contributed by atoms with Crippen molar-refractivity contribution in [3.05, 3.63) is 59.7 Å². The first-order chi connectivity index (χ1) is 14.9. The van der Waals surface area contributed by atoms with Crippen molar-refractivity contribution in [1.29, 1.82) is 0 Å². The third-order valence-corrected chi connectivity index (χ3v) is 7.19. The van der Waals surface area contributed by atoms with Crippen LogP contribution >= 0.6 is 0 Å². The van der Waals surface area contributed by atoms with Crippen molar-refractivity contribution in [2.24, 2.45) is 4.99 Å². The number of hydrogen-bond donors (Lipinski definition) is 0. The van der Waals surface area contributed by atoms with E-state index in [1.807, 2.05) is 0 Å². The zero-order valence-electron chi connectivity index (χ0n) is 17.5. The molecule has 2 atom stereocenters. The van der Waals surface area contributed by atoms with E-state index in [4.69, 9.17) is 9.73 Å². The molecular formula is C25H30N4O. The second-order valence-corrected chi connectivity index (χ2v) is 8.88. The molecule has 2 fully saturated rings. The minimum Gasteiger partial charge on any atom is -0.492 e. The van der Waals surface area contributed by atoms with Gasteiger partial charge in [0.2, 0.25) is 0 Å². The number of ether oxygens (including phenoxy) is 1. The molecule has 0 amide bonds. The molecule has 2 aromatic carbocycles. The minimum atomic E-state index is 0.378. The topological polar surface area (TPSA) is 31.3 Å². The van der Waals surface area contributed by atoms with Gasteiger partial charge in [0.05, 0.1) is 6.54 Å². The van der Waals surface area contributed by atoms with Gasteiger partial charge in [-0.15, -0.1) is 0 Å². The largest absolute Gasteiger partial charge is 0.492 e. The molecule has 2 unspecified atom stereocenters. The summed E-state index contributed by atoms with van der Waals surface area (Å²) in [4.78, 5) is 12.5. The molecular weight excluding hydrogens is 372 g/mol. The molecule has 4 aliphatic heterocycles. The zero-order chi connectivity index (χ0) is 19.9. The number of rotatable bonds is 5. The molecule has 0 aliphatic carbocycles. The monoisotopic (exact) mass is 402 g/mol. The summed E-state index contributed by atoms with van der Waals surface area (Å²) >= 11 is 0. The van der Waals surface area contributed by atoms with Gasteiger partial charge in [0.15, 0.2) is 0 Å². The van der Waals surface area contributed by atoms with E-state index in [-0.39, 0.29) is 0 Å². The van der Waals surface area contributed by atoms with Crippen LogP contribution in [0.5, 0.6) is 5.75 Å². The number of hydrogen-bond acceptors (Lipinski definition) is 5. The lowest BCUT2D eigenvalue weighted by molar-refractivity contribution is 0.237. The quantitative estimate of drug-likeness (QED) is 0.765. The van der Waals surface area contributed by atoms with Gasteiger partial charge in [0.25, 0.3) is 0 Å². The standard InChI is InChI=1S/C25H30N4O/c1-2-6-23-22(5-1)24-26-12-16-29(24)25-21(11-15-28(23)25)19-7-9-20(10-8-19)30-18-17-27-13-3-4-14-27/h1-2,5-10,21,25H,3-4,11-18H2. The van der Waals surface area contributed by atoms with Gasteiger partial charge in [-0.1, -0.05) is 24.3 Å². The maximum absolute atomic E-state index is 6.03. The number of nitrogens with zero attached hydrogens (tertiary/aromatic N) is 4. The van der Waals surface area contributed by atoms with Crippen LogP contribution in [0.1, 0.15) is 36.3 Å². The van der Waals surface area contributed by atoms with E-state index < -0.39 is 0 Å². The van der Waals surface area contributed by atoms with E-state index in [9.17, 15) is 0 Å². The van der Waals surface area contributed by atoms with Crippen molar-refractivity contribution >= 4 is 11.5 Å². The van der Waals surface area contributed by atoms with E-state index in [0.717, 1.165) is 38.5 Å². The molecule has 0 saturated carbocycles. The van der Waals surface area contributed by atoms with Crippen LogP contribution in [0.3, 0.4) is 0 Å². The molecule has 5 nitrogen and oxygen atoms in total.